The highest BCUT2D eigenvalue weighted by atomic mass is 19.4. The number of carbonyl (C=O) groups is 1. The van der Waals surface area contributed by atoms with Gasteiger partial charge in [-0.05, 0) is 13.0 Å². The highest BCUT2D eigenvalue weighted by molar-refractivity contribution is 5.76. The maximum atomic E-state index is 12.4. The van der Waals surface area contributed by atoms with Crippen LogP contribution in [0.4, 0.5) is 13.2 Å². The Labute approximate surface area is 107 Å². The topological polar surface area (TPSA) is 47.4 Å². The standard InChI is InChI=1S/C11H14F3N3O2/c1-8-7-19-5-4-17(8)10(18)6-16-3-2-9(15-16)11(12,13)14/h2-3,8H,4-7H2,1H3/t8-/m1/s1. The number of carbonyl (C=O) groups excluding carboxylic acids is 1. The van der Waals surface area contributed by atoms with E-state index in [1.807, 2.05) is 6.92 Å². The molecule has 1 aromatic rings. The second kappa shape index (κ2) is 5.20. The number of morpholine rings is 1. The van der Waals surface area contributed by atoms with Gasteiger partial charge < -0.3 is 9.64 Å². The van der Waals surface area contributed by atoms with E-state index in [1.54, 1.807) is 4.90 Å². The maximum Gasteiger partial charge on any atom is 0.435 e. The molecule has 106 valence electrons. The molecular weight excluding hydrogens is 263 g/mol. The summed E-state index contributed by atoms with van der Waals surface area (Å²) in [5.41, 5.74) is -0.990. The molecule has 1 aliphatic heterocycles. The molecule has 0 bridgehead atoms. The third kappa shape index (κ3) is 3.25. The van der Waals surface area contributed by atoms with Crippen molar-refractivity contribution in [1.82, 2.24) is 14.7 Å². The monoisotopic (exact) mass is 277 g/mol. The molecule has 0 aliphatic carbocycles. The number of halogens is 3. The average molecular weight is 277 g/mol. The van der Waals surface area contributed by atoms with Gasteiger partial charge in [-0.3, -0.25) is 9.48 Å². The van der Waals surface area contributed by atoms with E-state index < -0.39 is 11.9 Å². The first kappa shape index (κ1) is 13.9. The van der Waals surface area contributed by atoms with E-state index in [9.17, 15) is 18.0 Å². The largest absolute Gasteiger partial charge is 0.435 e. The molecule has 1 fully saturated rings. The molecule has 8 heteroatoms. The molecule has 0 spiro atoms. The molecule has 0 saturated carbocycles. The zero-order valence-electron chi connectivity index (χ0n) is 10.4. The van der Waals surface area contributed by atoms with Crippen LogP contribution in [0.25, 0.3) is 0 Å². The summed E-state index contributed by atoms with van der Waals surface area (Å²) < 4.78 is 43.3. The second-order valence-corrected chi connectivity index (χ2v) is 4.41. The molecule has 1 saturated heterocycles. The van der Waals surface area contributed by atoms with Gasteiger partial charge in [-0.1, -0.05) is 0 Å². The summed E-state index contributed by atoms with van der Waals surface area (Å²) in [6.07, 6.45) is -3.33. The van der Waals surface area contributed by atoms with E-state index in [0.29, 0.717) is 19.8 Å². The van der Waals surface area contributed by atoms with Gasteiger partial charge >= 0.3 is 6.18 Å². The van der Waals surface area contributed by atoms with Crippen molar-refractivity contribution in [2.24, 2.45) is 0 Å². The average Bonchev–Trinajstić information content (AvgIpc) is 2.77. The smallest absolute Gasteiger partial charge is 0.377 e. The Morgan fingerprint density at radius 2 is 2.32 bits per heavy atom. The van der Waals surface area contributed by atoms with Crippen LogP contribution in [0, 0.1) is 0 Å². The van der Waals surface area contributed by atoms with Crippen molar-refractivity contribution in [2.75, 3.05) is 19.8 Å². The van der Waals surface area contributed by atoms with Gasteiger partial charge in [-0.15, -0.1) is 0 Å². The van der Waals surface area contributed by atoms with E-state index in [-0.39, 0.29) is 18.5 Å². The summed E-state index contributed by atoms with van der Waals surface area (Å²) in [4.78, 5) is 13.6. The fourth-order valence-electron chi connectivity index (χ4n) is 1.93. The van der Waals surface area contributed by atoms with E-state index >= 15 is 0 Å². The van der Waals surface area contributed by atoms with Gasteiger partial charge in [-0.25, -0.2) is 0 Å². The molecule has 0 N–H and O–H groups in total. The maximum absolute atomic E-state index is 12.4. The Hall–Kier alpha value is -1.57. The fraction of sp³-hybridized carbons (Fsp3) is 0.636. The predicted octanol–water partition coefficient (Wildman–Crippen LogP) is 1.15. The minimum absolute atomic E-state index is 0.0705. The van der Waals surface area contributed by atoms with Crippen molar-refractivity contribution in [2.45, 2.75) is 25.7 Å². The first-order chi connectivity index (χ1) is 8.88. The molecule has 1 atom stereocenters. The summed E-state index contributed by atoms with van der Waals surface area (Å²) in [5.74, 6) is -0.257. The summed E-state index contributed by atoms with van der Waals surface area (Å²) in [6, 6.07) is 0.787. The van der Waals surface area contributed by atoms with Crippen LogP contribution in [-0.4, -0.2) is 46.4 Å². The van der Waals surface area contributed by atoms with E-state index in [4.69, 9.17) is 4.74 Å². The summed E-state index contributed by atoms with van der Waals surface area (Å²) in [5, 5.41) is 3.35. The lowest BCUT2D eigenvalue weighted by atomic mass is 10.2. The van der Waals surface area contributed by atoms with Gasteiger partial charge in [-0.2, -0.15) is 18.3 Å². The van der Waals surface area contributed by atoms with Crippen LogP contribution in [0.5, 0.6) is 0 Å². The third-order valence-electron chi connectivity index (χ3n) is 2.92. The molecule has 5 nitrogen and oxygen atoms in total. The Morgan fingerprint density at radius 3 is 2.89 bits per heavy atom. The van der Waals surface area contributed by atoms with Crippen LogP contribution < -0.4 is 0 Å². The van der Waals surface area contributed by atoms with E-state index in [2.05, 4.69) is 5.10 Å². The molecular formula is C11H14F3N3O2. The molecule has 0 unspecified atom stereocenters. The summed E-state index contributed by atoms with van der Waals surface area (Å²) in [6.45, 7) is 2.98. The molecule has 0 radical (unpaired) electrons. The predicted molar refractivity (Wildman–Crippen MR) is 59.2 cm³/mol. The Morgan fingerprint density at radius 1 is 1.58 bits per heavy atom. The van der Waals surface area contributed by atoms with Crippen molar-refractivity contribution in [3.05, 3.63) is 18.0 Å². The first-order valence-electron chi connectivity index (χ1n) is 5.86. The van der Waals surface area contributed by atoms with Crippen LogP contribution in [0.2, 0.25) is 0 Å². The molecule has 0 aromatic carbocycles. The quantitative estimate of drug-likeness (QED) is 0.814. The number of hydrogen-bond acceptors (Lipinski definition) is 3. The lowest BCUT2D eigenvalue weighted by Crippen LogP contribution is -2.48. The highest BCUT2D eigenvalue weighted by Gasteiger charge is 2.34. The van der Waals surface area contributed by atoms with Gasteiger partial charge in [0.1, 0.15) is 6.54 Å². The lowest BCUT2D eigenvalue weighted by Gasteiger charge is -2.33. The van der Waals surface area contributed by atoms with Gasteiger partial charge in [0.2, 0.25) is 5.91 Å². The number of aromatic nitrogens is 2. The van der Waals surface area contributed by atoms with Crippen LogP contribution in [-0.2, 0) is 22.3 Å². The number of ether oxygens (including phenoxy) is 1. The van der Waals surface area contributed by atoms with Crippen molar-refractivity contribution < 1.29 is 22.7 Å². The van der Waals surface area contributed by atoms with Gasteiger partial charge in [0.25, 0.3) is 0 Å². The van der Waals surface area contributed by atoms with Crippen LogP contribution in [0.1, 0.15) is 12.6 Å². The van der Waals surface area contributed by atoms with Crippen LogP contribution >= 0.6 is 0 Å². The first-order valence-corrected chi connectivity index (χ1v) is 5.86. The third-order valence-corrected chi connectivity index (χ3v) is 2.92. The number of nitrogens with zero attached hydrogens (tertiary/aromatic N) is 3. The van der Waals surface area contributed by atoms with Gasteiger partial charge in [0.15, 0.2) is 5.69 Å². The zero-order chi connectivity index (χ0) is 14.0. The number of alkyl halides is 3. The molecule has 1 amide bonds. The minimum atomic E-state index is -4.49. The van der Waals surface area contributed by atoms with Gasteiger partial charge in [0.05, 0.1) is 19.3 Å². The number of hydrogen-bond donors (Lipinski definition) is 0. The molecule has 19 heavy (non-hydrogen) atoms. The lowest BCUT2D eigenvalue weighted by molar-refractivity contribution is -0.143. The molecule has 2 rings (SSSR count). The van der Waals surface area contributed by atoms with E-state index in [1.165, 1.54) is 0 Å². The second-order valence-electron chi connectivity index (χ2n) is 4.41. The zero-order valence-corrected chi connectivity index (χ0v) is 10.4. The molecule has 2 heterocycles. The number of amides is 1. The fourth-order valence-corrected chi connectivity index (χ4v) is 1.93. The SMILES string of the molecule is C[C@@H]1COCCN1C(=O)Cn1ccc(C(F)(F)F)n1. The minimum Gasteiger partial charge on any atom is -0.377 e. The Bertz CT molecular complexity index is 458. The Balaban J connectivity index is 2.00. The normalized spacial score (nSPS) is 20.6. The van der Waals surface area contributed by atoms with Crippen LogP contribution in [0.15, 0.2) is 12.3 Å². The van der Waals surface area contributed by atoms with Crippen molar-refractivity contribution in [3.63, 3.8) is 0 Å². The van der Waals surface area contributed by atoms with Crippen molar-refractivity contribution in [3.8, 4) is 0 Å². The highest BCUT2D eigenvalue weighted by Crippen LogP contribution is 2.27. The van der Waals surface area contributed by atoms with Gasteiger partial charge in [0, 0.05) is 12.7 Å². The summed E-state index contributed by atoms with van der Waals surface area (Å²) in [7, 11) is 0. The molecule has 1 aromatic heterocycles. The number of rotatable bonds is 2. The molecule has 1 aliphatic rings. The Kier molecular flexibility index (Phi) is 3.79. The van der Waals surface area contributed by atoms with Crippen LogP contribution in [0.3, 0.4) is 0 Å². The van der Waals surface area contributed by atoms with Crippen molar-refractivity contribution >= 4 is 5.91 Å². The summed E-state index contributed by atoms with van der Waals surface area (Å²) >= 11 is 0. The van der Waals surface area contributed by atoms with Crippen molar-refractivity contribution in [1.29, 1.82) is 0 Å². The van der Waals surface area contributed by atoms with E-state index in [0.717, 1.165) is 16.9 Å².